The van der Waals surface area contributed by atoms with E-state index in [9.17, 15) is 0 Å². The third-order valence-electron chi connectivity index (χ3n) is 10.5. The van der Waals surface area contributed by atoms with E-state index in [0.717, 1.165) is 54.4 Å². The zero-order valence-electron chi connectivity index (χ0n) is 29.9. The molecule has 0 heterocycles. The van der Waals surface area contributed by atoms with Gasteiger partial charge in [0.25, 0.3) is 0 Å². The van der Waals surface area contributed by atoms with Gasteiger partial charge >= 0.3 is 0 Å². The maximum Gasteiger partial charge on any atom is 0.0890 e. The maximum absolute atomic E-state index is 3.51. The fraction of sp³-hybridized carbons (Fsp3) is 0.160. The van der Waals surface area contributed by atoms with Crippen LogP contribution in [-0.2, 0) is 0 Å². The molecule has 52 heavy (non-hydrogen) atoms. The lowest BCUT2D eigenvalue weighted by Gasteiger charge is -2.47. The molecule has 2 nitrogen and oxygen atoms in total. The molecule has 0 saturated heterocycles. The van der Waals surface area contributed by atoms with E-state index in [1.807, 2.05) is 24.3 Å². The topological polar surface area (TPSA) is 6.48 Å². The molecule has 0 fully saturated rings. The quantitative estimate of drug-likeness (QED) is 0.270. The van der Waals surface area contributed by atoms with Gasteiger partial charge in [-0.2, -0.15) is 0 Å². The molecule has 0 aromatic heterocycles. The van der Waals surface area contributed by atoms with Crippen molar-refractivity contribution in [1.29, 1.82) is 0 Å². The minimum absolute atomic E-state index is 0.185. The zero-order valence-corrected chi connectivity index (χ0v) is 29.9. The predicted octanol–water partition coefficient (Wildman–Crippen LogP) is 10.7. The average Bonchev–Trinajstić information content (AvgIpc) is 3.82. The second kappa shape index (κ2) is 15.1. The summed E-state index contributed by atoms with van der Waals surface area (Å²) in [6.45, 7) is 2.44. The monoisotopic (exact) mass is 672 g/mol. The van der Waals surface area contributed by atoms with E-state index in [4.69, 9.17) is 0 Å². The van der Waals surface area contributed by atoms with E-state index in [-0.39, 0.29) is 5.54 Å². The number of nitrogens with zero attached hydrogens (tertiary/aromatic N) is 2. The van der Waals surface area contributed by atoms with Crippen molar-refractivity contribution in [2.75, 3.05) is 4.90 Å². The van der Waals surface area contributed by atoms with Gasteiger partial charge in [0.15, 0.2) is 0 Å². The summed E-state index contributed by atoms with van der Waals surface area (Å²) in [7, 11) is 0. The summed E-state index contributed by atoms with van der Waals surface area (Å²) in [6, 6.07) is 17.5. The molecule has 6 aliphatic rings. The average molecular weight is 673 g/mol. The van der Waals surface area contributed by atoms with Crippen LogP contribution in [0.2, 0.25) is 0 Å². The van der Waals surface area contributed by atoms with Crippen molar-refractivity contribution in [2.24, 2.45) is 0 Å². The Hall–Kier alpha value is -6.04. The number of anilines is 1. The van der Waals surface area contributed by atoms with E-state index in [0.29, 0.717) is 0 Å². The van der Waals surface area contributed by atoms with E-state index in [1.54, 1.807) is 0 Å². The van der Waals surface area contributed by atoms with Crippen molar-refractivity contribution in [3.63, 3.8) is 0 Å². The molecule has 2 aromatic rings. The lowest BCUT2D eigenvalue weighted by Crippen LogP contribution is -2.47. The molecule has 0 saturated carbocycles. The lowest BCUT2D eigenvalue weighted by atomic mass is 9.78. The van der Waals surface area contributed by atoms with Gasteiger partial charge in [0.05, 0.1) is 16.9 Å². The molecule has 6 aliphatic carbocycles. The number of allylic oxidation sites excluding steroid dienone is 17. The molecular formula is C50H44N2. The molecule has 254 valence electrons. The van der Waals surface area contributed by atoms with Crippen molar-refractivity contribution in [2.45, 2.75) is 51.0 Å². The zero-order chi connectivity index (χ0) is 35.2. The Morgan fingerprint density at radius 3 is 2.60 bits per heavy atom. The van der Waals surface area contributed by atoms with Crippen LogP contribution in [-0.4, -0.2) is 10.4 Å². The standard InChI is InChI=1S/C50H44N2/c1-50(38-18-23-42-21-7-6-12-30-48(42)50)52(45-26-10-4-5-11-27-45)46-28-17-22-39(34-37-46)40-32-35-44(36-33-40)51(43-24-8-2-3-9-25-43)49-31-16-14-20-41-19-13-15-29-47(41)49/h2-5,8-15,18-20,22-24,26,28-37H,6-7,17,21,27,38H2,1H3. The highest BCUT2D eigenvalue weighted by Gasteiger charge is 2.39. The van der Waals surface area contributed by atoms with Gasteiger partial charge in [-0.15, -0.1) is 5.73 Å². The molecule has 0 N–H and O–H groups in total. The Balaban J connectivity index is 1.14. The highest BCUT2D eigenvalue weighted by atomic mass is 15.2. The molecule has 1 atom stereocenters. The van der Waals surface area contributed by atoms with Gasteiger partial charge in [-0.1, -0.05) is 127 Å². The van der Waals surface area contributed by atoms with Gasteiger partial charge in [-0.3, -0.25) is 0 Å². The van der Waals surface area contributed by atoms with Crippen molar-refractivity contribution >= 4 is 23.0 Å². The largest absolute Gasteiger partial charge is 0.335 e. The van der Waals surface area contributed by atoms with Gasteiger partial charge in [-0.25, -0.2) is 0 Å². The Labute approximate surface area is 308 Å². The Morgan fingerprint density at radius 1 is 0.750 bits per heavy atom. The number of rotatable bonds is 7. The van der Waals surface area contributed by atoms with Crippen molar-refractivity contribution in [3.05, 3.63) is 226 Å². The third-order valence-corrected chi connectivity index (χ3v) is 10.5. The summed E-state index contributed by atoms with van der Waals surface area (Å²) >= 11 is 0. The molecule has 0 spiro atoms. The van der Waals surface area contributed by atoms with Gasteiger partial charge in [0, 0.05) is 34.8 Å². The molecule has 2 aromatic carbocycles. The number of fused-ring (bicyclic) bond motifs is 1. The molecule has 0 bridgehead atoms. The first-order chi connectivity index (χ1) is 25.7. The molecular weight excluding hydrogens is 629 g/mol. The Morgan fingerprint density at radius 2 is 1.65 bits per heavy atom. The fourth-order valence-electron chi connectivity index (χ4n) is 8.00. The second-order valence-electron chi connectivity index (χ2n) is 13.9. The summed E-state index contributed by atoms with van der Waals surface area (Å²) in [5, 5.41) is 2.32. The minimum Gasteiger partial charge on any atom is -0.335 e. The summed E-state index contributed by atoms with van der Waals surface area (Å²) in [5.41, 5.74) is 17.7. The molecule has 0 radical (unpaired) electrons. The van der Waals surface area contributed by atoms with Crippen LogP contribution in [0, 0.1) is 0 Å². The minimum atomic E-state index is -0.185. The summed E-state index contributed by atoms with van der Waals surface area (Å²) in [5.74, 6) is 0. The van der Waals surface area contributed by atoms with E-state index >= 15 is 0 Å². The smallest absolute Gasteiger partial charge is 0.0890 e. The highest BCUT2D eigenvalue weighted by Crippen LogP contribution is 2.44. The number of hydrogen-bond donors (Lipinski definition) is 0. The van der Waals surface area contributed by atoms with Crippen LogP contribution in [0.15, 0.2) is 210 Å². The SMILES string of the molecule is CC1(N(C2=CCC=C(c3ccc(N(C4=C=CC=CC=C4)C4=c5ccccc5=CC=C=C4)cc3)C=C2)C2=CC=CC=CC2)CC=CC2=C1C=CCCC2. The number of benzene rings is 2. The van der Waals surface area contributed by atoms with Crippen LogP contribution in [0.25, 0.3) is 17.3 Å². The van der Waals surface area contributed by atoms with E-state index < -0.39 is 0 Å². The molecule has 8 rings (SSSR count). The van der Waals surface area contributed by atoms with Crippen LogP contribution in [0.4, 0.5) is 5.69 Å². The van der Waals surface area contributed by atoms with Gasteiger partial charge in [-0.05, 0) is 115 Å². The van der Waals surface area contributed by atoms with Crippen molar-refractivity contribution in [1.82, 2.24) is 4.90 Å². The first-order valence-electron chi connectivity index (χ1n) is 18.6. The first-order valence-corrected chi connectivity index (χ1v) is 18.6. The first kappa shape index (κ1) is 33.1. The number of hydrogen-bond acceptors (Lipinski definition) is 2. The molecule has 0 aliphatic heterocycles. The maximum atomic E-state index is 3.51. The summed E-state index contributed by atoms with van der Waals surface area (Å²) in [4.78, 5) is 4.92. The van der Waals surface area contributed by atoms with Crippen molar-refractivity contribution < 1.29 is 0 Å². The molecule has 1 unspecified atom stereocenters. The van der Waals surface area contributed by atoms with Crippen LogP contribution in [0.5, 0.6) is 0 Å². The van der Waals surface area contributed by atoms with Crippen LogP contribution in [0.3, 0.4) is 0 Å². The van der Waals surface area contributed by atoms with Gasteiger partial charge in [0.1, 0.15) is 0 Å². The van der Waals surface area contributed by atoms with Crippen LogP contribution in [0.1, 0.15) is 51.0 Å². The second-order valence-corrected chi connectivity index (χ2v) is 13.9. The fourth-order valence-corrected chi connectivity index (χ4v) is 8.00. The normalized spacial score (nSPS) is 21.4. The molecule has 0 amide bonds. The van der Waals surface area contributed by atoms with Crippen LogP contribution >= 0.6 is 0 Å². The van der Waals surface area contributed by atoms with Gasteiger partial charge < -0.3 is 9.80 Å². The third kappa shape index (κ3) is 6.71. The summed E-state index contributed by atoms with van der Waals surface area (Å²) in [6.07, 6.45) is 52.7. The molecule has 2 heteroatoms. The lowest BCUT2D eigenvalue weighted by molar-refractivity contribution is 0.238. The van der Waals surface area contributed by atoms with Crippen LogP contribution < -0.4 is 15.3 Å². The predicted molar refractivity (Wildman–Crippen MR) is 220 cm³/mol. The van der Waals surface area contributed by atoms with E-state index in [2.05, 4.69) is 180 Å². The summed E-state index contributed by atoms with van der Waals surface area (Å²) < 4.78 is 0. The van der Waals surface area contributed by atoms with Crippen molar-refractivity contribution in [3.8, 4) is 0 Å². The Kier molecular flexibility index (Phi) is 9.59. The van der Waals surface area contributed by atoms with Gasteiger partial charge in [0.2, 0.25) is 0 Å². The Bertz CT molecular complexity index is 2370. The van der Waals surface area contributed by atoms with E-state index in [1.165, 1.54) is 45.3 Å². The highest BCUT2D eigenvalue weighted by molar-refractivity contribution is 5.82.